The van der Waals surface area contributed by atoms with E-state index in [0.717, 1.165) is 12.3 Å². The van der Waals surface area contributed by atoms with Crippen molar-refractivity contribution in [1.82, 2.24) is 0 Å². The molecule has 4 heteroatoms. The van der Waals surface area contributed by atoms with Crippen molar-refractivity contribution in [3.05, 3.63) is 25.0 Å². The average molecular weight is 152 g/mol. The number of hydrogen-bond donors (Lipinski definition) is 0. The van der Waals surface area contributed by atoms with Crippen LogP contribution in [0.3, 0.4) is 0 Å². The molecule has 0 aromatic heterocycles. The van der Waals surface area contributed by atoms with Crippen molar-refractivity contribution in [3.8, 4) is 0 Å². The molecule has 0 saturated heterocycles. The van der Waals surface area contributed by atoms with Crippen molar-refractivity contribution in [2.45, 2.75) is 6.18 Å². The maximum Gasteiger partial charge on any atom is 0.409 e. The first-order valence-corrected chi connectivity index (χ1v) is 2.53. The van der Waals surface area contributed by atoms with E-state index in [1.165, 1.54) is 0 Å². The molecule has 0 aliphatic rings. The fourth-order valence-electron chi connectivity index (χ4n) is 0.305. The Labute approximate surface area is 56.8 Å². The van der Waals surface area contributed by atoms with Crippen molar-refractivity contribution >= 4 is 0 Å². The van der Waals surface area contributed by atoms with E-state index in [9.17, 15) is 13.2 Å². The van der Waals surface area contributed by atoms with Gasteiger partial charge in [0.05, 0.1) is 6.26 Å². The SMILES string of the molecule is C=COC/C=C/C(F)(F)F. The van der Waals surface area contributed by atoms with Crippen LogP contribution in [0.4, 0.5) is 13.2 Å². The van der Waals surface area contributed by atoms with Crippen LogP contribution in [0.1, 0.15) is 0 Å². The third-order valence-electron chi connectivity index (χ3n) is 0.617. The first-order chi connectivity index (χ1) is 4.56. The summed E-state index contributed by atoms with van der Waals surface area (Å²) in [5.74, 6) is 0. The Morgan fingerprint density at radius 2 is 2.00 bits per heavy atom. The molecule has 1 nitrogen and oxygen atoms in total. The van der Waals surface area contributed by atoms with Crippen LogP contribution in [0.5, 0.6) is 0 Å². The molecule has 0 aliphatic carbocycles. The Balaban J connectivity index is 3.46. The lowest BCUT2D eigenvalue weighted by Gasteiger charge is -1.96. The predicted molar refractivity (Wildman–Crippen MR) is 31.3 cm³/mol. The van der Waals surface area contributed by atoms with E-state index in [0.29, 0.717) is 0 Å². The van der Waals surface area contributed by atoms with Crippen molar-refractivity contribution in [2.24, 2.45) is 0 Å². The highest BCUT2D eigenvalue weighted by atomic mass is 19.4. The molecular formula is C6H7F3O. The monoisotopic (exact) mass is 152 g/mol. The minimum Gasteiger partial charge on any atom is -0.498 e. The quantitative estimate of drug-likeness (QED) is 0.342. The Hall–Kier alpha value is -0.930. The molecule has 0 fully saturated rings. The van der Waals surface area contributed by atoms with Gasteiger partial charge < -0.3 is 4.74 Å². The molecule has 58 valence electrons. The Kier molecular flexibility index (Phi) is 3.61. The number of hydrogen-bond acceptors (Lipinski definition) is 1. The summed E-state index contributed by atoms with van der Waals surface area (Å²) in [7, 11) is 0. The van der Waals surface area contributed by atoms with Gasteiger partial charge >= 0.3 is 6.18 Å². The normalized spacial score (nSPS) is 11.9. The molecule has 10 heavy (non-hydrogen) atoms. The summed E-state index contributed by atoms with van der Waals surface area (Å²) >= 11 is 0. The van der Waals surface area contributed by atoms with Gasteiger partial charge in [-0.05, 0) is 6.08 Å². The predicted octanol–water partition coefficient (Wildman–Crippen LogP) is 2.27. The fourth-order valence-corrected chi connectivity index (χ4v) is 0.305. The zero-order valence-corrected chi connectivity index (χ0v) is 5.19. The van der Waals surface area contributed by atoms with Crippen LogP contribution in [0, 0.1) is 0 Å². The van der Waals surface area contributed by atoms with E-state index >= 15 is 0 Å². The summed E-state index contributed by atoms with van der Waals surface area (Å²) in [6.45, 7) is 3.06. The number of allylic oxidation sites excluding steroid dienone is 1. The van der Waals surface area contributed by atoms with Gasteiger partial charge in [-0.25, -0.2) is 0 Å². The molecule has 0 rings (SSSR count). The van der Waals surface area contributed by atoms with Crippen LogP contribution in [0.25, 0.3) is 0 Å². The zero-order valence-electron chi connectivity index (χ0n) is 5.19. The summed E-state index contributed by atoms with van der Waals surface area (Å²) in [5.41, 5.74) is 0. The summed E-state index contributed by atoms with van der Waals surface area (Å²) in [6.07, 6.45) is -2.16. The molecule has 0 aromatic carbocycles. The average Bonchev–Trinajstić information content (AvgIpc) is 1.78. The van der Waals surface area contributed by atoms with Crippen molar-refractivity contribution in [2.75, 3.05) is 6.61 Å². The summed E-state index contributed by atoms with van der Waals surface area (Å²) in [4.78, 5) is 0. The van der Waals surface area contributed by atoms with Crippen LogP contribution < -0.4 is 0 Å². The largest absolute Gasteiger partial charge is 0.498 e. The molecular weight excluding hydrogens is 145 g/mol. The second kappa shape index (κ2) is 3.98. The molecule has 0 bridgehead atoms. The van der Waals surface area contributed by atoms with E-state index in [4.69, 9.17) is 0 Å². The molecule has 0 spiro atoms. The highest BCUT2D eigenvalue weighted by Crippen LogP contribution is 2.15. The van der Waals surface area contributed by atoms with Gasteiger partial charge in [0, 0.05) is 6.08 Å². The van der Waals surface area contributed by atoms with Crippen molar-refractivity contribution in [3.63, 3.8) is 0 Å². The van der Waals surface area contributed by atoms with Crippen LogP contribution in [0.15, 0.2) is 25.0 Å². The van der Waals surface area contributed by atoms with Gasteiger partial charge in [-0.1, -0.05) is 6.58 Å². The number of halogens is 3. The standard InChI is InChI=1S/C6H7F3O/c1-2-10-5-3-4-6(7,8)9/h2-4H,1,5H2/b4-3+. The molecule has 0 atom stereocenters. The van der Waals surface area contributed by atoms with Gasteiger partial charge in [0.1, 0.15) is 6.61 Å². The highest BCUT2D eigenvalue weighted by Gasteiger charge is 2.21. The van der Waals surface area contributed by atoms with Crippen LogP contribution in [0.2, 0.25) is 0 Å². The summed E-state index contributed by atoms with van der Waals surface area (Å²) in [5, 5.41) is 0. The van der Waals surface area contributed by atoms with Crippen LogP contribution >= 0.6 is 0 Å². The van der Waals surface area contributed by atoms with Gasteiger partial charge in [0.15, 0.2) is 0 Å². The van der Waals surface area contributed by atoms with Gasteiger partial charge in [0.2, 0.25) is 0 Å². The first kappa shape index (κ1) is 9.07. The molecule has 0 amide bonds. The molecule has 0 saturated carbocycles. The zero-order chi connectivity index (χ0) is 8.04. The van der Waals surface area contributed by atoms with E-state index in [1.807, 2.05) is 0 Å². The fraction of sp³-hybridized carbons (Fsp3) is 0.333. The highest BCUT2D eigenvalue weighted by molar-refractivity contribution is 4.88. The minimum atomic E-state index is -4.25. The van der Waals surface area contributed by atoms with E-state index < -0.39 is 6.18 Å². The lowest BCUT2D eigenvalue weighted by atomic mass is 10.5. The third kappa shape index (κ3) is 7.07. The molecule has 0 N–H and O–H groups in total. The second-order valence-electron chi connectivity index (χ2n) is 1.44. The van der Waals surface area contributed by atoms with Gasteiger partial charge in [0.25, 0.3) is 0 Å². The molecule has 0 radical (unpaired) electrons. The first-order valence-electron chi connectivity index (χ1n) is 2.53. The lowest BCUT2D eigenvalue weighted by Crippen LogP contribution is -2.01. The van der Waals surface area contributed by atoms with Crippen molar-refractivity contribution < 1.29 is 17.9 Å². The van der Waals surface area contributed by atoms with E-state index in [1.54, 1.807) is 0 Å². The Morgan fingerprint density at radius 3 is 2.40 bits per heavy atom. The van der Waals surface area contributed by atoms with Gasteiger partial charge in [-0.3, -0.25) is 0 Å². The topological polar surface area (TPSA) is 9.23 Å². The van der Waals surface area contributed by atoms with E-state index in [-0.39, 0.29) is 12.7 Å². The van der Waals surface area contributed by atoms with Crippen molar-refractivity contribution in [1.29, 1.82) is 0 Å². The Morgan fingerprint density at radius 1 is 1.40 bits per heavy atom. The third-order valence-corrected chi connectivity index (χ3v) is 0.617. The van der Waals surface area contributed by atoms with Crippen LogP contribution in [-0.4, -0.2) is 12.8 Å². The van der Waals surface area contributed by atoms with E-state index in [2.05, 4.69) is 11.3 Å². The second-order valence-corrected chi connectivity index (χ2v) is 1.44. The van der Waals surface area contributed by atoms with Gasteiger partial charge in [-0.2, -0.15) is 13.2 Å². The number of alkyl halides is 3. The maximum absolute atomic E-state index is 11.3. The number of rotatable bonds is 3. The summed E-state index contributed by atoms with van der Waals surface area (Å²) in [6, 6.07) is 0. The molecule has 0 heterocycles. The molecule has 0 unspecified atom stereocenters. The van der Waals surface area contributed by atoms with Crippen LogP contribution in [-0.2, 0) is 4.74 Å². The summed E-state index contributed by atoms with van der Waals surface area (Å²) < 4.78 is 38.4. The minimum absolute atomic E-state index is 0.0942. The number of ether oxygens (including phenoxy) is 1. The van der Waals surface area contributed by atoms with Gasteiger partial charge in [-0.15, -0.1) is 0 Å². The Bertz CT molecular complexity index is 125. The lowest BCUT2D eigenvalue weighted by molar-refractivity contribution is -0.0802. The smallest absolute Gasteiger partial charge is 0.409 e. The maximum atomic E-state index is 11.3. The molecule has 0 aromatic rings. The molecule has 0 aliphatic heterocycles.